The molecule has 1 aliphatic rings. The van der Waals surface area contributed by atoms with Crippen LogP contribution in [0.5, 0.6) is 0 Å². The van der Waals surface area contributed by atoms with Crippen LogP contribution in [0.3, 0.4) is 0 Å². The van der Waals surface area contributed by atoms with E-state index in [9.17, 15) is 9.59 Å². The van der Waals surface area contributed by atoms with Gasteiger partial charge in [-0.15, -0.1) is 0 Å². The fourth-order valence-corrected chi connectivity index (χ4v) is 1.77. The Bertz CT molecular complexity index is 479. The van der Waals surface area contributed by atoms with Crippen molar-refractivity contribution < 1.29 is 14.3 Å². The van der Waals surface area contributed by atoms with Crippen molar-refractivity contribution in [3.8, 4) is 0 Å². The summed E-state index contributed by atoms with van der Waals surface area (Å²) in [6.45, 7) is 2.27. The Kier molecular flexibility index (Phi) is 3.77. The highest BCUT2D eigenvalue weighted by Gasteiger charge is 2.21. The average molecular weight is 245 g/mol. The van der Waals surface area contributed by atoms with E-state index in [4.69, 9.17) is 4.74 Å². The molecule has 0 spiro atoms. The molecule has 1 amide bonds. The summed E-state index contributed by atoms with van der Waals surface area (Å²) in [5.74, 6) is 0.00774. The SMILES string of the molecule is CC(=O)C1=CN(C(=O)OCc2ccccc2)CC1. The second-order valence-electron chi connectivity index (χ2n) is 4.19. The van der Waals surface area contributed by atoms with E-state index < -0.39 is 6.09 Å². The third-order valence-electron chi connectivity index (χ3n) is 2.83. The number of hydrogen-bond donors (Lipinski definition) is 0. The van der Waals surface area contributed by atoms with E-state index in [1.165, 1.54) is 11.8 Å². The van der Waals surface area contributed by atoms with Gasteiger partial charge in [0.15, 0.2) is 5.78 Å². The van der Waals surface area contributed by atoms with Crippen molar-refractivity contribution in [2.45, 2.75) is 20.0 Å². The highest BCUT2D eigenvalue weighted by molar-refractivity contribution is 5.94. The minimum absolute atomic E-state index is 0.00774. The topological polar surface area (TPSA) is 46.6 Å². The number of hydrogen-bond acceptors (Lipinski definition) is 3. The second-order valence-corrected chi connectivity index (χ2v) is 4.19. The van der Waals surface area contributed by atoms with Gasteiger partial charge in [-0.05, 0) is 18.9 Å². The maximum atomic E-state index is 11.7. The zero-order chi connectivity index (χ0) is 13.0. The van der Waals surface area contributed by atoms with Gasteiger partial charge in [-0.2, -0.15) is 0 Å². The lowest BCUT2D eigenvalue weighted by Gasteiger charge is -2.13. The highest BCUT2D eigenvalue weighted by Crippen LogP contribution is 2.16. The Morgan fingerprint density at radius 1 is 1.28 bits per heavy atom. The van der Waals surface area contributed by atoms with Crippen LogP contribution in [0.15, 0.2) is 42.1 Å². The first-order chi connectivity index (χ1) is 8.66. The summed E-state index contributed by atoms with van der Waals surface area (Å²) >= 11 is 0. The normalized spacial score (nSPS) is 14.3. The fourth-order valence-electron chi connectivity index (χ4n) is 1.77. The summed E-state index contributed by atoms with van der Waals surface area (Å²) in [6.07, 6.45) is 1.78. The molecule has 0 unspecified atom stereocenters. The molecule has 0 atom stereocenters. The lowest BCUT2D eigenvalue weighted by atomic mass is 10.2. The molecule has 0 saturated carbocycles. The predicted molar refractivity (Wildman–Crippen MR) is 66.7 cm³/mol. The van der Waals surface area contributed by atoms with Crippen molar-refractivity contribution in [2.24, 2.45) is 0 Å². The average Bonchev–Trinajstić information content (AvgIpc) is 2.87. The minimum atomic E-state index is -0.407. The van der Waals surface area contributed by atoms with Crippen molar-refractivity contribution in [3.05, 3.63) is 47.7 Å². The molecular weight excluding hydrogens is 230 g/mol. The van der Waals surface area contributed by atoms with Gasteiger partial charge in [-0.3, -0.25) is 9.69 Å². The smallest absolute Gasteiger partial charge is 0.414 e. The molecule has 0 bridgehead atoms. The number of carbonyl (C=O) groups excluding carboxylic acids is 2. The number of Topliss-reactive ketones (excluding diaryl/α,β-unsaturated/α-hetero) is 1. The summed E-state index contributed by atoms with van der Waals surface area (Å²) in [7, 11) is 0. The Morgan fingerprint density at radius 2 is 2.00 bits per heavy atom. The van der Waals surface area contributed by atoms with E-state index in [-0.39, 0.29) is 12.4 Å². The van der Waals surface area contributed by atoms with Crippen LogP contribution < -0.4 is 0 Å². The van der Waals surface area contributed by atoms with Crippen molar-refractivity contribution in [2.75, 3.05) is 6.54 Å². The standard InChI is InChI=1S/C14H15NO3/c1-11(16)13-7-8-15(9-13)14(17)18-10-12-5-3-2-4-6-12/h2-6,9H,7-8,10H2,1H3. The Morgan fingerprint density at radius 3 is 2.61 bits per heavy atom. The van der Waals surface area contributed by atoms with Gasteiger partial charge in [-0.1, -0.05) is 30.3 Å². The van der Waals surface area contributed by atoms with Crippen molar-refractivity contribution in [3.63, 3.8) is 0 Å². The molecule has 1 heterocycles. The molecule has 2 rings (SSSR count). The first-order valence-electron chi connectivity index (χ1n) is 5.86. The van der Waals surface area contributed by atoms with E-state index in [1.807, 2.05) is 30.3 Å². The summed E-state index contributed by atoms with van der Waals surface area (Å²) in [5, 5.41) is 0. The molecule has 0 fully saturated rings. The molecular formula is C14H15NO3. The Hall–Kier alpha value is -2.10. The second kappa shape index (κ2) is 5.49. The van der Waals surface area contributed by atoms with Crippen LogP contribution in [0.25, 0.3) is 0 Å². The van der Waals surface area contributed by atoms with Gasteiger partial charge in [0.2, 0.25) is 0 Å². The molecule has 0 aliphatic carbocycles. The first-order valence-corrected chi connectivity index (χ1v) is 5.86. The highest BCUT2D eigenvalue weighted by atomic mass is 16.6. The molecule has 94 valence electrons. The molecule has 0 saturated heterocycles. The maximum Gasteiger partial charge on any atom is 0.414 e. The van der Waals surface area contributed by atoms with Gasteiger partial charge >= 0.3 is 6.09 Å². The molecule has 1 aliphatic heterocycles. The van der Waals surface area contributed by atoms with Crippen molar-refractivity contribution >= 4 is 11.9 Å². The molecule has 0 aromatic heterocycles. The summed E-state index contributed by atoms with van der Waals surface area (Å²) in [6, 6.07) is 9.50. The predicted octanol–water partition coefficient (Wildman–Crippen LogP) is 2.50. The number of ether oxygens (including phenoxy) is 1. The summed E-state index contributed by atoms with van der Waals surface area (Å²) < 4.78 is 5.17. The van der Waals surface area contributed by atoms with E-state index in [0.29, 0.717) is 18.5 Å². The van der Waals surface area contributed by atoms with E-state index in [2.05, 4.69) is 0 Å². The maximum absolute atomic E-state index is 11.7. The van der Waals surface area contributed by atoms with Crippen LogP contribution >= 0.6 is 0 Å². The van der Waals surface area contributed by atoms with Crippen molar-refractivity contribution in [1.29, 1.82) is 0 Å². The summed E-state index contributed by atoms with van der Waals surface area (Å²) in [5.41, 5.74) is 1.62. The third-order valence-corrected chi connectivity index (χ3v) is 2.83. The van der Waals surface area contributed by atoms with Gasteiger partial charge < -0.3 is 4.74 Å². The number of carbonyl (C=O) groups is 2. The number of ketones is 1. The Labute approximate surface area is 106 Å². The van der Waals surface area contributed by atoms with Gasteiger partial charge in [-0.25, -0.2) is 4.79 Å². The van der Waals surface area contributed by atoms with Crippen LogP contribution in [-0.2, 0) is 16.1 Å². The van der Waals surface area contributed by atoms with E-state index >= 15 is 0 Å². The molecule has 4 heteroatoms. The number of rotatable bonds is 3. The third kappa shape index (κ3) is 2.97. The first kappa shape index (κ1) is 12.4. The van der Waals surface area contributed by atoms with Gasteiger partial charge in [0, 0.05) is 18.3 Å². The molecule has 4 nitrogen and oxygen atoms in total. The van der Waals surface area contributed by atoms with Crippen LogP contribution in [0, 0.1) is 0 Å². The fraction of sp³-hybridized carbons (Fsp3) is 0.286. The lowest BCUT2D eigenvalue weighted by molar-refractivity contribution is -0.113. The number of amides is 1. The monoisotopic (exact) mass is 245 g/mol. The van der Waals surface area contributed by atoms with Gasteiger partial charge in [0.05, 0.1) is 0 Å². The summed E-state index contributed by atoms with van der Waals surface area (Å²) in [4.78, 5) is 24.3. The minimum Gasteiger partial charge on any atom is -0.444 e. The lowest BCUT2D eigenvalue weighted by Crippen LogP contribution is -2.24. The molecule has 1 aromatic rings. The van der Waals surface area contributed by atoms with Gasteiger partial charge in [0.1, 0.15) is 6.61 Å². The zero-order valence-electron chi connectivity index (χ0n) is 10.3. The Balaban J connectivity index is 1.88. The molecule has 1 aromatic carbocycles. The largest absolute Gasteiger partial charge is 0.444 e. The number of nitrogens with zero attached hydrogens (tertiary/aromatic N) is 1. The van der Waals surface area contributed by atoms with Crippen molar-refractivity contribution in [1.82, 2.24) is 4.90 Å². The zero-order valence-corrected chi connectivity index (χ0v) is 10.3. The van der Waals surface area contributed by atoms with Crippen LogP contribution in [0.2, 0.25) is 0 Å². The van der Waals surface area contributed by atoms with E-state index in [0.717, 1.165) is 5.56 Å². The van der Waals surface area contributed by atoms with E-state index in [1.54, 1.807) is 6.20 Å². The molecule has 0 N–H and O–H groups in total. The number of benzene rings is 1. The quantitative estimate of drug-likeness (QED) is 0.822. The molecule has 0 radical (unpaired) electrons. The van der Waals surface area contributed by atoms with Crippen LogP contribution in [0.1, 0.15) is 18.9 Å². The molecule has 18 heavy (non-hydrogen) atoms. The van der Waals surface area contributed by atoms with Crippen LogP contribution in [-0.4, -0.2) is 23.3 Å². The van der Waals surface area contributed by atoms with Crippen LogP contribution in [0.4, 0.5) is 4.79 Å². The van der Waals surface area contributed by atoms with Gasteiger partial charge in [0.25, 0.3) is 0 Å².